The maximum absolute atomic E-state index is 16.1. The van der Waals surface area contributed by atoms with Crippen LogP contribution >= 0.6 is 0 Å². The number of benzene rings is 3. The Kier molecular flexibility index (Phi) is 8.70. The second-order valence-corrected chi connectivity index (χ2v) is 13.8. The monoisotopic (exact) mass is 604 g/mol. The minimum absolute atomic E-state index is 0.194. The van der Waals surface area contributed by atoms with Crippen LogP contribution < -0.4 is 21.1 Å². The summed E-state index contributed by atoms with van der Waals surface area (Å²) in [4.78, 5) is 1.59. The summed E-state index contributed by atoms with van der Waals surface area (Å²) < 4.78 is 56.8. The van der Waals surface area contributed by atoms with Crippen molar-refractivity contribution in [1.29, 1.82) is 0 Å². The first-order chi connectivity index (χ1) is 20.5. The normalized spacial score (nSPS) is 19.8. The van der Waals surface area contributed by atoms with Gasteiger partial charge in [-0.15, -0.1) is 0 Å². The first kappa shape index (κ1) is 32.5. The smallest absolute Gasteiger partial charge is 0.399 e. The van der Waals surface area contributed by atoms with Crippen molar-refractivity contribution in [2.75, 3.05) is 16.8 Å². The van der Waals surface area contributed by atoms with Crippen LogP contribution in [0.25, 0.3) is 0 Å². The highest BCUT2D eigenvalue weighted by atomic mass is 19.1. The number of nitrogens with one attached hydrogen (secondary N) is 1. The maximum atomic E-state index is 16.1. The topological polar surface area (TPSA) is 52.2 Å². The van der Waals surface area contributed by atoms with E-state index in [1.165, 1.54) is 12.1 Å². The van der Waals surface area contributed by atoms with Crippen molar-refractivity contribution in [3.63, 3.8) is 0 Å². The van der Waals surface area contributed by atoms with Crippen LogP contribution in [0.5, 0.6) is 0 Å². The summed E-state index contributed by atoms with van der Waals surface area (Å²) in [5.41, 5.74) is 0.793. The summed E-state index contributed by atoms with van der Waals surface area (Å²) in [6, 6.07) is 17.2. The molecule has 0 aliphatic carbocycles. The molecule has 0 amide bonds. The van der Waals surface area contributed by atoms with E-state index < -0.39 is 48.3 Å². The Morgan fingerprint density at radius 3 is 1.41 bits per heavy atom. The molecule has 3 aromatic rings. The molecule has 5 rings (SSSR count). The zero-order valence-corrected chi connectivity index (χ0v) is 27.4. The van der Waals surface area contributed by atoms with E-state index in [1.807, 2.05) is 79.7 Å². The number of anilines is 4. The van der Waals surface area contributed by atoms with Gasteiger partial charge in [0.15, 0.2) is 0 Å². The lowest BCUT2D eigenvalue weighted by molar-refractivity contribution is 0.00578. The maximum Gasteiger partial charge on any atom is 0.494 e. The van der Waals surface area contributed by atoms with Crippen LogP contribution in [0.2, 0.25) is 0 Å². The van der Waals surface area contributed by atoms with Crippen molar-refractivity contribution in [3.8, 4) is 0 Å². The van der Waals surface area contributed by atoms with Gasteiger partial charge in [-0.05, 0) is 121 Å². The van der Waals surface area contributed by atoms with Crippen LogP contribution in [0.1, 0.15) is 75.2 Å². The number of hydrogen-bond donors (Lipinski definition) is 1. The van der Waals surface area contributed by atoms with Crippen LogP contribution in [0, 0.1) is 11.6 Å². The predicted molar refractivity (Wildman–Crippen MR) is 176 cm³/mol. The van der Waals surface area contributed by atoms with E-state index in [9.17, 15) is 0 Å². The van der Waals surface area contributed by atoms with Crippen LogP contribution in [-0.4, -0.2) is 43.2 Å². The van der Waals surface area contributed by atoms with Gasteiger partial charge in [0.2, 0.25) is 0 Å². The average Bonchev–Trinajstić information content (AvgIpc) is 3.30. The molecule has 10 heteroatoms. The summed E-state index contributed by atoms with van der Waals surface area (Å²) >= 11 is 0. The van der Waals surface area contributed by atoms with Gasteiger partial charge in [-0.1, -0.05) is 25.5 Å². The van der Waals surface area contributed by atoms with Crippen LogP contribution in [-0.2, 0) is 18.6 Å². The van der Waals surface area contributed by atoms with Gasteiger partial charge in [-0.3, -0.25) is 0 Å². The van der Waals surface area contributed by atoms with Gasteiger partial charge in [0.05, 0.1) is 33.8 Å². The van der Waals surface area contributed by atoms with E-state index in [2.05, 4.69) is 12.2 Å². The second kappa shape index (κ2) is 11.8. The molecule has 1 N–H and O–H groups in total. The van der Waals surface area contributed by atoms with E-state index in [0.29, 0.717) is 16.6 Å². The Morgan fingerprint density at radius 1 is 0.636 bits per heavy atom. The highest BCUT2D eigenvalue weighted by Crippen LogP contribution is 2.40. The first-order valence-corrected chi connectivity index (χ1v) is 15.5. The molecule has 0 bridgehead atoms. The Hall–Kier alpha value is -2.91. The molecule has 2 heterocycles. The average molecular weight is 604 g/mol. The fourth-order valence-electron chi connectivity index (χ4n) is 5.21. The standard InChI is InChI=1S/C34H44B2F2N2O4/c1-10-11-20-39-25-14-16-26(17-15-25)40(29-18-12-23(21-27(29)37)35-41-31(2,3)32(4,5)42-35)30-19-13-24(22-28(30)38)36-43-33(6,7)34(8,9)44-36/h12-19,21-22,39H,10-11,20H2,1-9H3. The SMILES string of the molecule is CCCCNc1ccc(N(c2ccc(B3OC(C)(C)C(C)(C)O3)cc2F)c2ccc(B3OC(C)(C)C(C)(C)O3)cc2F)cc1. The first-order valence-electron chi connectivity index (χ1n) is 15.5. The van der Waals surface area contributed by atoms with Gasteiger partial charge in [-0.25, -0.2) is 8.78 Å². The number of nitrogens with zero attached hydrogens (tertiary/aromatic N) is 1. The third-order valence-electron chi connectivity index (χ3n) is 9.46. The zero-order valence-electron chi connectivity index (χ0n) is 27.4. The van der Waals surface area contributed by atoms with E-state index in [0.717, 1.165) is 25.1 Å². The summed E-state index contributed by atoms with van der Waals surface area (Å²) in [7, 11) is -1.44. The molecule has 3 aromatic carbocycles. The van der Waals surface area contributed by atoms with E-state index in [-0.39, 0.29) is 11.4 Å². The van der Waals surface area contributed by atoms with Crippen molar-refractivity contribution in [2.45, 2.75) is 97.6 Å². The molecule has 0 spiro atoms. The summed E-state index contributed by atoms with van der Waals surface area (Å²) in [5, 5.41) is 3.40. The van der Waals surface area contributed by atoms with E-state index in [4.69, 9.17) is 18.6 Å². The van der Waals surface area contributed by atoms with Crippen LogP contribution in [0.15, 0.2) is 60.7 Å². The fraction of sp³-hybridized carbons (Fsp3) is 0.471. The molecular formula is C34H44B2F2N2O4. The van der Waals surface area contributed by atoms with Gasteiger partial charge in [0, 0.05) is 17.9 Å². The Labute approximate surface area is 261 Å². The molecule has 0 atom stereocenters. The molecule has 44 heavy (non-hydrogen) atoms. The van der Waals surface area contributed by atoms with Gasteiger partial charge in [-0.2, -0.15) is 0 Å². The third kappa shape index (κ3) is 6.14. The highest BCUT2D eigenvalue weighted by Gasteiger charge is 2.53. The van der Waals surface area contributed by atoms with Crippen LogP contribution in [0.3, 0.4) is 0 Å². The lowest BCUT2D eigenvalue weighted by Crippen LogP contribution is -2.41. The summed E-state index contributed by atoms with van der Waals surface area (Å²) in [6.45, 7) is 18.6. The van der Waals surface area contributed by atoms with Crippen molar-refractivity contribution in [2.24, 2.45) is 0 Å². The molecule has 0 saturated carbocycles. The Bertz CT molecular complexity index is 1380. The highest BCUT2D eigenvalue weighted by molar-refractivity contribution is 6.62. The Morgan fingerprint density at radius 2 is 1.05 bits per heavy atom. The molecular weight excluding hydrogens is 560 g/mol. The van der Waals surface area contributed by atoms with Gasteiger partial charge in [0.1, 0.15) is 11.6 Å². The second-order valence-electron chi connectivity index (χ2n) is 13.8. The molecule has 2 saturated heterocycles. The van der Waals surface area contributed by atoms with Crippen molar-refractivity contribution < 1.29 is 27.4 Å². The molecule has 2 fully saturated rings. The zero-order chi connectivity index (χ0) is 32.1. The number of hydrogen-bond acceptors (Lipinski definition) is 6. The number of rotatable bonds is 9. The lowest BCUT2D eigenvalue weighted by atomic mass is 9.78. The fourth-order valence-corrected chi connectivity index (χ4v) is 5.21. The Balaban J connectivity index is 1.51. The molecule has 0 aromatic heterocycles. The summed E-state index contributed by atoms with van der Waals surface area (Å²) in [6.07, 6.45) is 2.13. The molecule has 2 aliphatic rings. The predicted octanol–water partition coefficient (Wildman–Crippen LogP) is 7.25. The summed E-state index contributed by atoms with van der Waals surface area (Å²) in [5.74, 6) is -1.06. The molecule has 2 aliphatic heterocycles. The lowest BCUT2D eigenvalue weighted by Gasteiger charge is -2.32. The quantitative estimate of drug-likeness (QED) is 0.205. The number of unbranched alkanes of at least 4 members (excludes halogenated alkanes) is 1. The molecule has 0 radical (unpaired) electrons. The molecule has 0 unspecified atom stereocenters. The van der Waals surface area contributed by atoms with Gasteiger partial charge < -0.3 is 28.8 Å². The largest absolute Gasteiger partial charge is 0.494 e. The van der Waals surface area contributed by atoms with Gasteiger partial charge >= 0.3 is 14.2 Å². The van der Waals surface area contributed by atoms with Crippen molar-refractivity contribution in [3.05, 3.63) is 72.3 Å². The van der Waals surface area contributed by atoms with E-state index in [1.54, 1.807) is 29.2 Å². The minimum atomic E-state index is -0.721. The van der Waals surface area contributed by atoms with Crippen molar-refractivity contribution in [1.82, 2.24) is 0 Å². The van der Waals surface area contributed by atoms with Crippen LogP contribution in [0.4, 0.5) is 31.5 Å². The van der Waals surface area contributed by atoms with Crippen molar-refractivity contribution >= 4 is 47.9 Å². The molecule has 6 nitrogen and oxygen atoms in total. The third-order valence-corrected chi connectivity index (χ3v) is 9.46. The number of halogens is 2. The molecule has 234 valence electrons. The van der Waals surface area contributed by atoms with E-state index >= 15 is 8.78 Å². The van der Waals surface area contributed by atoms with Gasteiger partial charge in [0.25, 0.3) is 0 Å². The minimum Gasteiger partial charge on any atom is -0.399 e.